The molecule has 9 nitrogen and oxygen atoms in total. The van der Waals surface area contributed by atoms with Crippen LogP contribution >= 0.6 is 0 Å². The molecule has 2 aromatic rings. The lowest BCUT2D eigenvalue weighted by atomic mass is 9.80. The number of ether oxygens (including phenoxy) is 3. The number of nitrogens with one attached hydrogen (secondary N) is 1. The lowest BCUT2D eigenvalue weighted by Gasteiger charge is -2.39. The van der Waals surface area contributed by atoms with Gasteiger partial charge in [0, 0.05) is 29.9 Å². The van der Waals surface area contributed by atoms with Gasteiger partial charge in [-0.05, 0) is 38.0 Å². The summed E-state index contributed by atoms with van der Waals surface area (Å²) >= 11 is 0. The zero-order valence-corrected chi connectivity index (χ0v) is 27.5. The van der Waals surface area contributed by atoms with Crippen molar-refractivity contribution in [3.05, 3.63) is 92.8 Å². The molecular formula is C32H27F13N2O7. The molecule has 0 bridgehead atoms. The molecular weight excluding hydrogens is 771 g/mol. The van der Waals surface area contributed by atoms with Gasteiger partial charge in [-0.1, -0.05) is 30.3 Å². The van der Waals surface area contributed by atoms with Gasteiger partial charge in [-0.15, -0.1) is 0 Å². The first-order valence-electron chi connectivity index (χ1n) is 15.1. The number of nitro groups is 1. The van der Waals surface area contributed by atoms with Crippen LogP contribution in [0.5, 0.6) is 5.75 Å². The summed E-state index contributed by atoms with van der Waals surface area (Å²) < 4.78 is 190. The van der Waals surface area contributed by atoms with Crippen LogP contribution in [0.1, 0.15) is 38.2 Å². The van der Waals surface area contributed by atoms with Crippen molar-refractivity contribution in [2.75, 3.05) is 19.8 Å². The third-order valence-corrected chi connectivity index (χ3v) is 7.81. The molecule has 0 amide bonds. The van der Waals surface area contributed by atoms with E-state index >= 15 is 0 Å². The second-order valence-corrected chi connectivity index (χ2v) is 11.5. The number of hydrogen-bond donors (Lipinski definition) is 1. The molecule has 1 heterocycles. The van der Waals surface area contributed by atoms with Crippen molar-refractivity contribution >= 4 is 17.6 Å². The normalized spacial score (nSPS) is 16.2. The highest BCUT2D eigenvalue weighted by Gasteiger charge is 2.90. The Hall–Kier alpha value is -5.05. The topological polar surface area (TPSA) is 117 Å². The minimum absolute atomic E-state index is 0.0465. The molecule has 1 N–H and O–H groups in total. The number of nitro benzene ring substituents is 1. The van der Waals surface area contributed by atoms with Crippen molar-refractivity contribution in [2.24, 2.45) is 0 Å². The van der Waals surface area contributed by atoms with Crippen molar-refractivity contribution in [3.63, 3.8) is 0 Å². The largest absolute Gasteiger partial charge is 0.490 e. The first-order valence-corrected chi connectivity index (χ1v) is 15.1. The highest BCUT2D eigenvalue weighted by Crippen LogP contribution is 2.60. The predicted molar refractivity (Wildman–Crippen MR) is 158 cm³/mol. The van der Waals surface area contributed by atoms with Crippen molar-refractivity contribution in [1.82, 2.24) is 5.32 Å². The number of benzene rings is 2. The summed E-state index contributed by atoms with van der Waals surface area (Å²) in [6.45, 7) is 0.640. The smallest absolute Gasteiger partial charge is 0.460 e. The van der Waals surface area contributed by atoms with Gasteiger partial charge in [0.25, 0.3) is 5.69 Å². The van der Waals surface area contributed by atoms with Gasteiger partial charge in [0.15, 0.2) is 0 Å². The van der Waals surface area contributed by atoms with E-state index < -0.39 is 89.3 Å². The molecule has 0 saturated heterocycles. The number of halogens is 13. The molecule has 0 aromatic heterocycles. The van der Waals surface area contributed by atoms with Crippen LogP contribution in [0.4, 0.5) is 62.8 Å². The van der Waals surface area contributed by atoms with Crippen LogP contribution < -0.4 is 10.1 Å². The molecule has 1 unspecified atom stereocenters. The van der Waals surface area contributed by atoms with Gasteiger partial charge in [0.1, 0.15) is 19.0 Å². The minimum Gasteiger partial charge on any atom is -0.490 e. The van der Waals surface area contributed by atoms with Gasteiger partial charge < -0.3 is 19.5 Å². The standard InChI is InChI=1S/C32H27F13N2O7/c1-17-22(25(48)53-13-7-12-27(33,34)28(35,36)29(37,38)30(39,40)31(41,42)32(43,44)45)24(19-8-6-9-20(16-19)47(50)51)23(18(2)46-17)26(49)54-15-14-52-21-10-4-3-5-11-21/h3-6,8-11,16,24,46H,7,12-15H2,1-2H3. The lowest BCUT2D eigenvalue weighted by molar-refractivity contribution is -0.440. The molecule has 1 aliphatic rings. The van der Waals surface area contributed by atoms with Crippen molar-refractivity contribution in [3.8, 4) is 5.75 Å². The minimum atomic E-state index is -8.06. The van der Waals surface area contributed by atoms with Crippen molar-refractivity contribution < 1.29 is 85.8 Å². The van der Waals surface area contributed by atoms with E-state index in [0.29, 0.717) is 5.75 Å². The van der Waals surface area contributed by atoms with Crippen LogP contribution in [-0.2, 0) is 19.1 Å². The van der Waals surface area contributed by atoms with Gasteiger partial charge in [-0.3, -0.25) is 10.1 Å². The van der Waals surface area contributed by atoms with Crippen molar-refractivity contribution in [1.29, 1.82) is 0 Å². The number of para-hydroxylation sites is 1. The Morgan fingerprint density at radius 1 is 0.704 bits per heavy atom. The van der Waals surface area contributed by atoms with Crippen LogP contribution in [-0.4, -0.2) is 72.5 Å². The number of non-ortho nitro benzene ring substituents is 1. The second-order valence-electron chi connectivity index (χ2n) is 11.5. The van der Waals surface area contributed by atoms with Crippen LogP contribution in [0.25, 0.3) is 0 Å². The van der Waals surface area contributed by atoms with E-state index in [1.165, 1.54) is 26.0 Å². The van der Waals surface area contributed by atoms with E-state index in [4.69, 9.17) is 14.2 Å². The van der Waals surface area contributed by atoms with Crippen LogP contribution in [0.15, 0.2) is 77.1 Å². The van der Waals surface area contributed by atoms with E-state index in [2.05, 4.69) is 5.32 Å². The number of dihydropyridines is 1. The van der Waals surface area contributed by atoms with E-state index in [1.807, 2.05) is 0 Å². The van der Waals surface area contributed by atoms with Gasteiger partial charge >= 0.3 is 47.7 Å². The van der Waals surface area contributed by atoms with Crippen LogP contribution in [0.2, 0.25) is 0 Å². The molecule has 0 radical (unpaired) electrons. The molecule has 298 valence electrons. The number of nitrogens with zero attached hydrogens (tertiary/aromatic N) is 1. The summed E-state index contributed by atoms with van der Waals surface area (Å²) in [5.74, 6) is -41.6. The first-order chi connectivity index (χ1) is 24.7. The third-order valence-electron chi connectivity index (χ3n) is 7.81. The van der Waals surface area contributed by atoms with Crippen molar-refractivity contribution in [2.45, 2.75) is 68.4 Å². The second kappa shape index (κ2) is 15.7. The average Bonchev–Trinajstić information content (AvgIpc) is 3.07. The Bertz CT molecular complexity index is 1780. The molecule has 1 atom stereocenters. The summed E-state index contributed by atoms with van der Waals surface area (Å²) in [6.07, 6.45) is -11.7. The fraction of sp³-hybridized carbons (Fsp3) is 0.438. The molecule has 1 aliphatic heterocycles. The van der Waals surface area contributed by atoms with Gasteiger partial charge in [0.2, 0.25) is 0 Å². The molecule has 2 aromatic carbocycles. The fourth-order valence-corrected chi connectivity index (χ4v) is 5.07. The maximum atomic E-state index is 14.3. The monoisotopic (exact) mass is 798 g/mol. The van der Waals surface area contributed by atoms with E-state index in [1.54, 1.807) is 30.3 Å². The maximum absolute atomic E-state index is 14.3. The van der Waals surface area contributed by atoms with E-state index in [9.17, 15) is 76.8 Å². The average molecular weight is 799 g/mol. The molecule has 22 heteroatoms. The number of alkyl halides is 13. The summed E-state index contributed by atoms with van der Waals surface area (Å²) in [6, 6.07) is 12.7. The van der Waals surface area contributed by atoms with Crippen LogP contribution in [0, 0.1) is 10.1 Å². The molecule has 0 fully saturated rings. The molecule has 0 spiro atoms. The first kappa shape index (κ1) is 43.4. The molecule has 54 heavy (non-hydrogen) atoms. The Morgan fingerprint density at radius 2 is 1.22 bits per heavy atom. The number of hydrogen-bond acceptors (Lipinski definition) is 8. The Kier molecular flexibility index (Phi) is 12.6. The highest BCUT2D eigenvalue weighted by atomic mass is 19.4. The van der Waals surface area contributed by atoms with Gasteiger partial charge in [0.05, 0.1) is 28.6 Å². The predicted octanol–water partition coefficient (Wildman–Crippen LogP) is 8.51. The highest BCUT2D eigenvalue weighted by molar-refractivity contribution is 6.00. The summed E-state index contributed by atoms with van der Waals surface area (Å²) in [7, 11) is 0. The number of carbonyl (C=O) groups is 2. The lowest BCUT2D eigenvalue weighted by Crippen LogP contribution is -2.70. The number of rotatable bonds is 16. The van der Waals surface area contributed by atoms with Crippen LogP contribution in [0.3, 0.4) is 0 Å². The number of esters is 2. The zero-order valence-electron chi connectivity index (χ0n) is 27.5. The zero-order chi connectivity index (χ0) is 41.1. The van der Waals surface area contributed by atoms with E-state index in [0.717, 1.165) is 12.1 Å². The van der Waals surface area contributed by atoms with Gasteiger partial charge in [-0.2, -0.15) is 57.1 Å². The number of allylic oxidation sites excluding steroid dienone is 2. The molecule has 0 aliphatic carbocycles. The number of carbonyl (C=O) groups excluding carboxylic acids is 2. The summed E-state index contributed by atoms with van der Waals surface area (Å²) in [5.41, 5.74) is -1.57. The quantitative estimate of drug-likeness (QED) is 0.0591. The van der Waals surface area contributed by atoms with Gasteiger partial charge in [-0.25, -0.2) is 9.59 Å². The fourth-order valence-electron chi connectivity index (χ4n) is 5.07. The molecule has 3 rings (SSSR count). The SMILES string of the molecule is CC1=C(C(=O)OCCCC(F)(F)C(F)(F)C(F)(F)C(F)(F)C(F)(F)C(F)(F)F)C(c2cccc([N+](=O)[O-])c2)C(C(=O)OCCOc2ccccc2)=C(C)N1. The van der Waals surface area contributed by atoms with E-state index in [-0.39, 0.29) is 35.7 Å². The maximum Gasteiger partial charge on any atom is 0.460 e. The Labute approximate surface area is 295 Å². The molecule has 0 saturated carbocycles. The summed E-state index contributed by atoms with van der Waals surface area (Å²) in [4.78, 5) is 37.4. The Morgan fingerprint density at radius 3 is 1.74 bits per heavy atom. The third kappa shape index (κ3) is 8.35. The summed E-state index contributed by atoms with van der Waals surface area (Å²) in [5, 5.41) is 14.2. The Balaban J connectivity index is 1.83.